The highest BCUT2D eigenvalue weighted by Gasteiger charge is 2.25. The van der Waals surface area contributed by atoms with Gasteiger partial charge in [-0.15, -0.1) is 0 Å². The van der Waals surface area contributed by atoms with Crippen molar-refractivity contribution in [3.8, 4) is 0 Å². The number of carbonyl (C=O) groups is 1. The van der Waals surface area contributed by atoms with Crippen LogP contribution < -0.4 is 10.6 Å². The van der Waals surface area contributed by atoms with Crippen LogP contribution in [0, 0.1) is 6.92 Å². The summed E-state index contributed by atoms with van der Waals surface area (Å²) in [7, 11) is 1.94. The molecule has 4 nitrogen and oxygen atoms in total. The van der Waals surface area contributed by atoms with Crippen molar-refractivity contribution in [2.75, 3.05) is 25.5 Å². The molecular formula is C15H23N3O. The largest absolute Gasteiger partial charge is 0.322 e. The maximum Gasteiger partial charge on any atom is 0.322 e. The van der Waals surface area contributed by atoms with Crippen molar-refractivity contribution in [2.45, 2.75) is 32.2 Å². The van der Waals surface area contributed by atoms with Gasteiger partial charge in [0.1, 0.15) is 0 Å². The first-order chi connectivity index (χ1) is 9.20. The number of nitrogens with zero attached hydrogens (tertiary/aromatic N) is 1. The smallest absolute Gasteiger partial charge is 0.320 e. The van der Waals surface area contributed by atoms with Gasteiger partial charge in [-0.1, -0.05) is 12.1 Å². The number of aryl methyl sites for hydroxylation is 1. The summed E-state index contributed by atoms with van der Waals surface area (Å²) in [6.07, 6.45) is 3.39. The van der Waals surface area contributed by atoms with Gasteiger partial charge in [0.05, 0.1) is 0 Å². The number of anilines is 1. The number of hydrogen-bond donors (Lipinski definition) is 2. The van der Waals surface area contributed by atoms with Gasteiger partial charge in [-0.3, -0.25) is 0 Å². The first-order valence-electron chi connectivity index (χ1n) is 6.99. The van der Waals surface area contributed by atoms with Crippen molar-refractivity contribution in [3.63, 3.8) is 0 Å². The van der Waals surface area contributed by atoms with Gasteiger partial charge >= 0.3 is 6.03 Å². The first-order valence-corrected chi connectivity index (χ1v) is 6.99. The molecule has 1 saturated heterocycles. The van der Waals surface area contributed by atoms with E-state index < -0.39 is 0 Å². The number of likely N-dealkylation sites (tertiary alicyclic amines) is 1. The second-order valence-corrected chi connectivity index (χ2v) is 5.20. The molecule has 2 N–H and O–H groups in total. The minimum atomic E-state index is 0.0190. The fourth-order valence-corrected chi connectivity index (χ4v) is 2.63. The lowest BCUT2D eigenvalue weighted by Crippen LogP contribution is -2.49. The van der Waals surface area contributed by atoms with E-state index in [0.717, 1.165) is 37.2 Å². The Balaban J connectivity index is 2.01. The van der Waals surface area contributed by atoms with Crippen LogP contribution in [0.1, 0.15) is 24.8 Å². The number of benzene rings is 1. The molecule has 104 valence electrons. The van der Waals surface area contributed by atoms with Crippen molar-refractivity contribution < 1.29 is 4.79 Å². The lowest BCUT2D eigenvalue weighted by molar-refractivity contribution is 0.162. The number of amides is 2. The molecule has 0 aromatic heterocycles. The Labute approximate surface area is 115 Å². The van der Waals surface area contributed by atoms with Crippen LogP contribution in [0.3, 0.4) is 0 Å². The Morgan fingerprint density at radius 3 is 3.00 bits per heavy atom. The van der Waals surface area contributed by atoms with E-state index in [2.05, 4.69) is 10.6 Å². The highest BCUT2D eigenvalue weighted by Crippen LogP contribution is 2.18. The molecule has 0 radical (unpaired) electrons. The van der Waals surface area contributed by atoms with Crippen molar-refractivity contribution >= 4 is 11.7 Å². The molecule has 1 aromatic carbocycles. The van der Waals surface area contributed by atoms with Gasteiger partial charge in [0.15, 0.2) is 0 Å². The van der Waals surface area contributed by atoms with Gasteiger partial charge in [-0.05, 0) is 50.9 Å². The summed E-state index contributed by atoms with van der Waals surface area (Å²) < 4.78 is 0. The van der Waals surface area contributed by atoms with E-state index in [1.807, 2.05) is 43.1 Å². The van der Waals surface area contributed by atoms with Crippen LogP contribution in [0.2, 0.25) is 0 Å². The van der Waals surface area contributed by atoms with Gasteiger partial charge in [0.25, 0.3) is 0 Å². The minimum Gasteiger partial charge on any atom is -0.320 e. The monoisotopic (exact) mass is 261 g/mol. The molecule has 1 atom stereocenters. The molecule has 1 aromatic rings. The Bertz CT molecular complexity index is 431. The minimum absolute atomic E-state index is 0.0190. The Morgan fingerprint density at radius 2 is 2.26 bits per heavy atom. The van der Waals surface area contributed by atoms with Crippen LogP contribution in [0.15, 0.2) is 24.3 Å². The van der Waals surface area contributed by atoms with Crippen LogP contribution in [-0.4, -0.2) is 37.1 Å². The molecule has 4 heteroatoms. The van der Waals surface area contributed by atoms with E-state index in [0.29, 0.717) is 6.04 Å². The fraction of sp³-hybridized carbons (Fsp3) is 0.533. The van der Waals surface area contributed by atoms with E-state index in [1.54, 1.807) is 0 Å². The van der Waals surface area contributed by atoms with Crippen LogP contribution in [-0.2, 0) is 0 Å². The summed E-state index contributed by atoms with van der Waals surface area (Å²) in [5.74, 6) is 0. The molecule has 19 heavy (non-hydrogen) atoms. The maximum atomic E-state index is 12.4. The maximum absolute atomic E-state index is 12.4. The van der Waals surface area contributed by atoms with Gasteiger partial charge < -0.3 is 15.5 Å². The molecule has 2 rings (SSSR count). The second kappa shape index (κ2) is 6.57. The molecular weight excluding hydrogens is 238 g/mol. The lowest BCUT2D eigenvalue weighted by Gasteiger charge is -2.35. The Hall–Kier alpha value is -1.55. The predicted octanol–water partition coefficient (Wildman–Crippen LogP) is 2.60. The number of carbonyl (C=O) groups excluding carboxylic acids is 1. The van der Waals surface area contributed by atoms with Gasteiger partial charge in [0.2, 0.25) is 0 Å². The highest BCUT2D eigenvalue weighted by molar-refractivity contribution is 5.89. The molecule has 1 aliphatic heterocycles. The summed E-state index contributed by atoms with van der Waals surface area (Å²) in [4.78, 5) is 14.3. The Morgan fingerprint density at radius 1 is 1.42 bits per heavy atom. The van der Waals surface area contributed by atoms with Gasteiger partial charge in [-0.25, -0.2) is 4.79 Å². The third-order valence-electron chi connectivity index (χ3n) is 3.60. The van der Waals surface area contributed by atoms with E-state index in [9.17, 15) is 4.79 Å². The van der Waals surface area contributed by atoms with Crippen molar-refractivity contribution in [1.29, 1.82) is 0 Å². The molecule has 1 unspecified atom stereocenters. The van der Waals surface area contributed by atoms with Crippen molar-refractivity contribution in [1.82, 2.24) is 10.2 Å². The third kappa shape index (κ3) is 3.70. The molecule has 0 bridgehead atoms. The number of piperidine rings is 1. The summed E-state index contributed by atoms with van der Waals surface area (Å²) in [6, 6.07) is 8.25. The van der Waals surface area contributed by atoms with E-state index in [4.69, 9.17) is 0 Å². The molecule has 0 spiro atoms. The SMILES string of the molecule is CNCC1CCCCN1C(=O)Nc1cccc(C)c1. The zero-order valence-corrected chi connectivity index (χ0v) is 11.8. The number of likely N-dealkylation sites (N-methyl/N-ethyl adjacent to an activating group) is 1. The molecule has 0 saturated carbocycles. The zero-order chi connectivity index (χ0) is 13.7. The molecule has 2 amide bonds. The number of nitrogens with one attached hydrogen (secondary N) is 2. The van der Waals surface area contributed by atoms with Crippen LogP contribution in [0.5, 0.6) is 0 Å². The number of hydrogen-bond acceptors (Lipinski definition) is 2. The summed E-state index contributed by atoms with van der Waals surface area (Å²) in [5, 5.41) is 6.17. The average Bonchev–Trinajstić information content (AvgIpc) is 2.39. The quantitative estimate of drug-likeness (QED) is 0.878. The average molecular weight is 261 g/mol. The molecule has 1 aliphatic rings. The predicted molar refractivity (Wildman–Crippen MR) is 78.5 cm³/mol. The van der Waals surface area contributed by atoms with Crippen LogP contribution >= 0.6 is 0 Å². The zero-order valence-electron chi connectivity index (χ0n) is 11.8. The van der Waals surface area contributed by atoms with Crippen molar-refractivity contribution in [3.05, 3.63) is 29.8 Å². The topological polar surface area (TPSA) is 44.4 Å². The summed E-state index contributed by atoms with van der Waals surface area (Å²) in [5.41, 5.74) is 2.03. The van der Waals surface area contributed by atoms with Crippen LogP contribution in [0.4, 0.5) is 10.5 Å². The summed E-state index contributed by atoms with van der Waals surface area (Å²) in [6.45, 7) is 3.74. The van der Waals surface area contributed by atoms with E-state index >= 15 is 0 Å². The highest BCUT2D eigenvalue weighted by atomic mass is 16.2. The number of rotatable bonds is 3. The van der Waals surface area contributed by atoms with Gasteiger partial charge in [0, 0.05) is 24.8 Å². The number of urea groups is 1. The second-order valence-electron chi connectivity index (χ2n) is 5.20. The Kier molecular flexibility index (Phi) is 4.80. The third-order valence-corrected chi connectivity index (χ3v) is 3.60. The lowest BCUT2D eigenvalue weighted by atomic mass is 10.0. The van der Waals surface area contributed by atoms with Crippen molar-refractivity contribution in [2.24, 2.45) is 0 Å². The molecule has 1 heterocycles. The summed E-state index contributed by atoms with van der Waals surface area (Å²) >= 11 is 0. The normalized spacial score (nSPS) is 19.3. The first kappa shape index (κ1) is 13.9. The van der Waals surface area contributed by atoms with Gasteiger partial charge in [-0.2, -0.15) is 0 Å². The van der Waals surface area contributed by atoms with E-state index in [1.165, 1.54) is 6.42 Å². The molecule has 0 aliphatic carbocycles. The van der Waals surface area contributed by atoms with E-state index in [-0.39, 0.29) is 6.03 Å². The molecule has 1 fully saturated rings. The fourth-order valence-electron chi connectivity index (χ4n) is 2.63. The standard InChI is InChI=1S/C15H23N3O/c1-12-6-5-7-13(10-12)17-15(19)18-9-4-3-8-14(18)11-16-2/h5-7,10,14,16H,3-4,8-9,11H2,1-2H3,(H,17,19). The van der Waals surface area contributed by atoms with Crippen LogP contribution in [0.25, 0.3) is 0 Å².